The average molecular weight is 434 g/mol. The van der Waals surface area contributed by atoms with Crippen LogP contribution in [0.1, 0.15) is 28.1 Å². The van der Waals surface area contributed by atoms with Gasteiger partial charge in [0, 0.05) is 26.7 Å². The molecule has 2 amide bonds. The van der Waals surface area contributed by atoms with E-state index in [0.717, 1.165) is 35.6 Å². The minimum absolute atomic E-state index is 0.0236. The Hall–Kier alpha value is -3.12. The van der Waals surface area contributed by atoms with Gasteiger partial charge in [-0.2, -0.15) is 0 Å². The third-order valence-electron chi connectivity index (χ3n) is 5.65. The van der Waals surface area contributed by atoms with Gasteiger partial charge in [0.05, 0.1) is 22.2 Å². The van der Waals surface area contributed by atoms with Gasteiger partial charge in [-0.05, 0) is 42.0 Å². The lowest BCUT2D eigenvalue weighted by atomic mass is 9.96. The molecule has 0 bridgehead atoms. The Morgan fingerprint density at radius 2 is 1.84 bits per heavy atom. The van der Waals surface area contributed by atoms with E-state index in [1.807, 2.05) is 71.9 Å². The first-order valence-electron chi connectivity index (χ1n) is 10.6. The van der Waals surface area contributed by atoms with Crippen LogP contribution in [0.25, 0.3) is 0 Å². The quantitative estimate of drug-likeness (QED) is 0.603. The Balaban J connectivity index is 1.43. The van der Waals surface area contributed by atoms with Crippen molar-refractivity contribution in [2.24, 2.45) is 5.92 Å². The lowest BCUT2D eigenvalue weighted by Crippen LogP contribution is -2.43. The van der Waals surface area contributed by atoms with E-state index in [-0.39, 0.29) is 17.7 Å². The molecule has 1 saturated heterocycles. The molecule has 1 aliphatic heterocycles. The number of rotatable bonds is 6. The van der Waals surface area contributed by atoms with Crippen LogP contribution >= 0.6 is 11.3 Å². The normalized spacial score (nSPS) is 16.0. The van der Waals surface area contributed by atoms with Gasteiger partial charge in [0.2, 0.25) is 5.91 Å². The van der Waals surface area contributed by atoms with Crippen LogP contribution in [-0.4, -0.2) is 36.9 Å². The van der Waals surface area contributed by atoms with Crippen molar-refractivity contribution in [1.82, 2.24) is 4.90 Å². The van der Waals surface area contributed by atoms with Gasteiger partial charge in [0.25, 0.3) is 5.91 Å². The molecule has 0 aliphatic carbocycles. The maximum atomic E-state index is 13.1. The third-order valence-corrected chi connectivity index (χ3v) is 6.50. The summed E-state index contributed by atoms with van der Waals surface area (Å²) in [6.45, 7) is 1.92. The Bertz CT molecular complexity index is 1020. The number of carbonyl (C=O) groups excluding carboxylic acids is 2. The van der Waals surface area contributed by atoms with Crippen LogP contribution in [0.15, 0.2) is 72.1 Å². The monoisotopic (exact) mass is 433 g/mol. The Morgan fingerprint density at radius 1 is 1.06 bits per heavy atom. The first-order valence-corrected chi connectivity index (χ1v) is 11.5. The number of nitrogens with one attached hydrogen (secondary N) is 1. The zero-order valence-corrected chi connectivity index (χ0v) is 18.5. The van der Waals surface area contributed by atoms with Gasteiger partial charge >= 0.3 is 0 Å². The molecule has 1 N–H and O–H groups in total. The molecule has 0 spiro atoms. The Morgan fingerprint density at radius 3 is 2.61 bits per heavy atom. The molecular weight excluding hydrogens is 406 g/mol. The Labute approximate surface area is 187 Å². The molecular formula is C25H27N3O2S. The fourth-order valence-corrected chi connectivity index (χ4v) is 4.71. The Kier molecular flexibility index (Phi) is 6.67. The van der Waals surface area contributed by atoms with E-state index >= 15 is 0 Å². The molecule has 1 unspecified atom stereocenters. The molecule has 1 fully saturated rings. The van der Waals surface area contributed by atoms with Crippen molar-refractivity contribution in [2.75, 3.05) is 30.4 Å². The number of amides is 2. The number of likely N-dealkylation sites (tertiary alicyclic amines) is 1. The number of nitrogens with zero attached hydrogens (tertiary/aromatic N) is 2. The summed E-state index contributed by atoms with van der Waals surface area (Å²) in [4.78, 5) is 30.5. The van der Waals surface area contributed by atoms with Crippen molar-refractivity contribution in [3.05, 3.63) is 82.6 Å². The van der Waals surface area contributed by atoms with Crippen LogP contribution in [0.2, 0.25) is 0 Å². The summed E-state index contributed by atoms with van der Waals surface area (Å²) in [5, 5.41) is 5.03. The number of anilines is 2. The van der Waals surface area contributed by atoms with Crippen molar-refractivity contribution in [3.8, 4) is 0 Å². The van der Waals surface area contributed by atoms with Crippen molar-refractivity contribution in [1.29, 1.82) is 0 Å². The second kappa shape index (κ2) is 9.79. The van der Waals surface area contributed by atoms with Gasteiger partial charge in [-0.15, -0.1) is 11.3 Å². The number of hydrogen-bond acceptors (Lipinski definition) is 4. The molecule has 3 aromatic rings. The smallest absolute Gasteiger partial charge is 0.263 e. The maximum absolute atomic E-state index is 13.1. The van der Waals surface area contributed by atoms with Crippen LogP contribution in [0.5, 0.6) is 0 Å². The van der Waals surface area contributed by atoms with Crippen LogP contribution < -0.4 is 10.2 Å². The summed E-state index contributed by atoms with van der Waals surface area (Å²) < 4.78 is 0. The molecule has 1 aliphatic rings. The lowest BCUT2D eigenvalue weighted by Gasteiger charge is -2.32. The fourth-order valence-electron chi connectivity index (χ4n) is 4.02. The SMILES string of the molecule is CN(Cc1ccccc1)c1ccccc1NC(=O)C1CCCN(C(=O)c2cccs2)C1. The standard InChI is InChI=1S/C25H27N3O2S/c1-27(17-19-9-3-2-4-10-19)22-13-6-5-12-21(22)26-24(29)20-11-7-15-28(18-20)25(30)23-14-8-16-31-23/h2-6,8-10,12-14,16,20H,7,11,15,17-18H2,1H3,(H,26,29). The molecule has 4 rings (SSSR count). The first-order chi connectivity index (χ1) is 15.1. The minimum atomic E-state index is -0.204. The largest absolute Gasteiger partial charge is 0.369 e. The molecule has 160 valence electrons. The molecule has 2 heterocycles. The number of benzene rings is 2. The van der Waals surface area contributed by atoms with Crippen molar-refractivity contribution >= 4 is 34.5 Å². The second-order valence-corrected chi connectivity index (χ2v) is 8.86. The molecule has 1 atom stereocenters. The third kappa shape index (κ3) is 5.14. The number of para-hydroxylation sites is 2. The van der Waals surface area contributed by atoms with Gasteiger partial charge in [-0.3, -0.25) is 9.59 Å². The lowest BCUT2D eigenvalue weighted by molar-refractivity contribution is -0.121. The highest BCUT2D eigenvalue weighted by molar-refractivity contribution is 7.12. The molecule has 0 saturated carbocycles. The van der Waals surface area contributed by atoms with Crippen LogP contribution in [0.4, 0.5) is 11.4 Å². The summed E-state index contributed by atoms with van der Waals surface area (Å²) in [7, 11) is 2.03. The second-order valence-electron chi connectivity index (χ2n) is 7.92. The summed E-state index contributed by atoms with van der Waals surface area (Å²) in [5.41, 5.74) is 2.98. The summed E-state index contributed by atoms with van der Waals surface area (Å²) in [6, 6.07) is 21.9. The number of carbonyl (C=O) groups is 2. The fraction of sp³-hybridized carbons (Fsp3) is 0.280. The number of piperidine rings is 1. The van der Waals surface area contributed by atoms with E-state index in [1.165, 1.54) is 16.9 Å². The van der Waals surface area contributed by atoms with Gasteiger partial charge < -0.3 is 15.1 Å². The van der Waals surface area contributed by atoms with E-state index in [0.29, 0.717) is 13.1 Å². The van der Waals surface area contributed by atoms with Gasteiger partial charge in [0.15, 0.2) is 0 Å². The predicted octanol–water partition coefficient (Wildman–Crippen LogP) is 4.88. The van der Waals surface area contributed by atoms with Gasteiger partial charge in [-0.25, -0.2) is 0 Å². The number of thiophene rings is 1. The zero-order chi connectivity index (χ0) is 21.6. The van der Waals surface area contributed by atoms with Crippen molar-refractivity contribution in [3.63, 3.8) is 0 Å². The summed E-state index contributed by atoms with van der Waals surface area (Å²) in [6.07, 6.45) is 1.63. The molecule has 2 aromatic carbocycles. The van der Waals surface area contributed by atoms with E-state index in [9.17, 15) is 9.59 Å². The average Bonchev–Trinajstić information content (AvgIpc) is 3.34. The van der Waals surface area contributed by atoms with Crippen LogP contribution in [0.3, 0.4) is 0 Å². The van der Waals surface area contributed by atoms with E-state index in [2.05, 4.69) is 22.3 Å². The van der Waals surface area contributed by atoms with E-state index in [1.54, 1.807) is 0 Å². The van der Waals surface area contributed by atoms with Gasteiger partial charge in [0.1, 0.15) is 0 Å². The van der Waals surface area contributed by atoms with Crippen LogP contribution in [0, 0.1) is 5.92 Å². The minimum Gasteiger partial charge on any atom is -0.369 e. The number of hydrogen-bond donors (Lipinski definition) is 1. The van der Waals surface area contributed by atoms with E-state index in [4.69, 9.17) is 0 Å². The topological polar surface area (TPSA) is 52.7 Å². The predicted molar refractivity (Wildman–Crippen MR) is 127 cm³/mol. The van der Waals surface area contributed by atoms with Gasteiger partial charge in [-0.1, -0.05) is 48.5 Å². The van der Waals surface area contributed by atoms with Crippen LogP contribution in [-0.2, 0) is 11.3 Å². The summed E-state index contributed by atoms with van der Waals surface area (Å²) in [5.74, 6) is -0.204. The highest BCUT2D eigenvalue weighted by atomic mass is 32.1. The summed E-state index contributed by atoms with van der Waals surface area (Å²) >= 11 is 1.45. The first kappa shape index (κ1) is 21.1. The molecule has 1 aromatic heterocycles. The zero-order valence-electron chi connectivity index (χ0n) is 17.7. The molecule has 31 heavy (non-hydrogen) atoms. The van der Waals surface area contributed by atoms with Crippen molar-refractivity contribution < 1.29 is 9.59 Å². The highest BCUT2D eigenvalue weighted by Crippen LogP contribution is 2.28. The van der Waals surface area contributed by atoms with E-state index < -0.39 is 0 Å². The molecule has 6 heteroatoms. The molecule has 5 nitrogen and oxygen atoms in total. The molecule has 0 radical (unpaired) electrons. The van der Waals surface area contributed by atoms with Crippen molar-refractivity contribution in [2.45, 2.75) is 19.4 Å². The maximum Gasteiger partial charge on any atom is 0.263 e. The highest BCUT2D eigenvalue weighted by Gasteiger charge is 2.29.